The summed E-state index contributed by atoms with van der Waals surface area (Å²) in [6.45, 7) is 2.29. The SMILES string of the molecule is CCCC(C1=[C]([Zr])CC=C1)(c1ccccc1)c1ccccc1.Cl.Cl. The topological polar surface area (TPSA) is 0 Å². The van der Waals surface area contributed by atoms with Crippen molar-refractivity contribution in [1.29, 1.82) is 0 Å². The smallest absolute Gasteiger partial charge is 0.147 e. The molecule has 0 saturated heterocycles. The van der Waals surface area contributed by atoms with E-state index in [9.17, 15) is 0 Å². The van der Waals surface area contributed by atoms with Crippen LogP contribution in [0, 0.1) is 0 Å². The molecule has 0 heterocycles. The van der Waals surface area contributed by atoms with Gasteiger partial charge >= 0.3 is 149 Å². The molecular formula is C21H23Cl2Zr. The van der Waals surface area contributed by atoms with Gasteiger partial charge in [-0.3, -0.25) is 0 Å². The van der Waals surface area contributed by atoms with Crippen LogP contribution in [0.15, 0.2) is 81.7 Å². The van der Waals surface area contributed by atoms with Gasteiger partial charge in [-0.2, -0.15) is 0 Å². The molecule has 0 aliphatic heterocycles. The Hall–Kier alpha value is -0.617. The van der Waals surface area contributed by atoms with Crippen LogP contribution in [0.3, 0.4) is 0 Å². The van der Waals surface area contributed by atoms with Crippen molar-refractivity contribution in [2.24, 2.45) is 0 Å². The summed E-state index contributed by atoms with van der Waals surface area (Å²) >= 11 is 1.54. The van der Waals surface area contributed by atoms with E-state index in [2.05, 4.69) is 79.7 Å². The standard InChI is InChI=1S/C21H21.2ClH.Zr/c1-2-17-21(20-15-9-10-16-20,18-11-5-3-6-12-18)19-13-7-4-8-14-19;;;/h3-9,11-15H,2,10,17H2,1H3;2*1H;. The molecule has 0 atom stereocenters. The summed E-state index contributed by atoms with van der Waals surface area (Å²) in [6.07, 6.45) is 8.15. The van der Waals surface area contributed by atoms with Crippen LogP contribution < -0.4 is 0 Å². The minimum Gasteiger partial charge on any atom is -0.147 e. The predicted molar refractivity (Wildman–Crippen MR) is 104 cm³/mol. The van der Waals surface area contributed by atoms with Crippen molar-refractivity contribution in [3.63, 3.8) is 0 Å². The molecule has 0 aromatic heterocycles. The van der Waals surface area contributed by atoms with Crippen molar-refractivity contribution in [2.75, 3.05) is 0 Å². The molecule has 0 N–H and O–H groups in total. The molecule has 0 fully saturated rings. The fraction of sp³-hybridized carbons (Fsp3) is 0.238. The van der Waals surface area contributed by atoms with Crippen LogP contribution in [0.1, 0.15) is 37.3 Å². The van der Waals surface area contributed by atoms with Crippen LogP contribution in [0.4, 0.5) is 0 Å². The maximum atomic E-state index is 2.37. The summed E-state index contributed by atoms with van der Waals surface area (Å²) < 4.78 is 1.59. The third-order valence-corrected chi connectivity index (χ3v) is 5.71. The van der Waals surface area contributed by atoms with Gasteiger partial charge in [-0.1, -0.05) is 0 Å². The second-order valence-electron chi connectivity index (χ2n) is 5.89. The summed E-state index contributed by atoms with van der Waals surface area (Å²) in [5.74, 6) is 0. The van der Waals surface area contributed by atoms with Crippen molar-refractivity contribution in [3.05, 3.63) is 92.8 Å². The van der Waals surface area contributed by atoms with E-state index in [1.54, 1.807) is 28.0 Å². The zero-order valence-corrected chi connectivity index (χ0v) is 18.0. The van der Waals surface area contributed by atoms with E-state index in [1.807, 2.05) is 0 Å². The largest absolute Gasteiger partial charge is 0.147 e. The fourth-order valence-electron chi connectivity index (χ4n) is 3.63. The molecular weight excluding hydrogens is 414 g/mol. The summed E-state index contributed by atoms with van der Waals surface area (Å²) in [5, 5.41) is 0. The Morgan fingerprint density at radius 2 is 1.38 bits per heavy atom. The van der Waals surface area contributed by atoms with Gasteiger partial charge in [-0.05, 0) is 0 Å². The molecule has 0 unspecified atom stereocenters. The molecule has 2 aromatic carbocycles. The minimum atomic E-state index is 0. The van der Waals surface area contributed by atoms with Gasteiger partial charge < -0.3 is 0 Å². The van der Waals surface area contributed by atoms with Gasteiger partial charge in [-0.25, -0.2) is 0 Å². The van der Waals surface area contributed by atoms with Gasteiger partial charge in [0, 0.05) is 0 Å². The first-order valence-corrected chi connectivity index (χ1v) is 9.24. The molecule has 3 rings (SSSR count). The van der Waals surface area contributed by atoms with Gasteiger partial charge in [0.05, 0.1) is 0 Å². The van der Waals surface area contributed by atoms with Crippen molar-refractivity contribution in [3.8, 4) is 0 Å². The van der Waals surface area contributed by atoms with Crippen molar-refractivity contribution in [2.45, 2.75) is 31.6 Å². The number of allylic oxidation sites excluding steroid dienone is 4. The quantitative estimate of drug-likeness (QED) is 0.509. The Balaban J connectivity index is 0.00000144. The van der Waals surface area contributed by atoms with Gasteiger partial charge in [0.2, 0.25) is 0 Å². The number of benzene rings is 2. The monoisotopic (exact) mass is 435 g/mol. The predicted octanol–water partition coefficient (Wildman–Crippen LogP) is 6.38. The summed E-state index contributed by atoms with van der Waals surface area (Å²) in [4.78, 5) is 0. The third kappa shape index (κ3) is 3.96. The Kier molecular flexibility index (Phi) is 8.71. The second-order valence-corrected chi connectivity index (χ2v) is 7.37. The second kappa shape index (κ2) is 9.76. The Morgan fingerprint density at radius 1 is 0.875 bits per heavy atom. The summed E-state index contributed by atoms with van der Waals surface area (Å²) in [5.41, 5.74) is 4.38. The zero-order chi connectivity index (χ0) is 15.4. The van der Waals surface area contributed by atoms with E-state index in [1.165, 1.54) is 23.1 Å². The Bertz CT molecular complexity index is 651. The molecule has 3 heteroatoms. The minimum absolute atomic E-state index is 0. The first kappa shape index (κ1) is 21.4. The van der Waals surface area contributed by atoms with Crippen molar-refractivity contribution in [1.82, 2.24) is 0 Å². The van der Waals surface area contributed by atoms with E-state index in [0.717, 1.165) is 12.8 Å². The molecule has 0 nitrogen and oxygen atoms in total. The van der Waals surface area contributed by atoms with E-state index in [4.69, 9.17) is 0 Å². The number of hydrogen-bond donors (Lipinski definition) is 0. The van der Waals surface area contributed by atoms with E-state index in [-0.39, 0.29) is 30.2 Å². The van der Waals surface area contributed by atoms with E-state index < -0.39 is 0 Å². The number of hydrogen-bond acceptors (Lipinski definition) is 0. The average Bonchev–Trinajstić information content (AvgIpc) is 3.01. The van der Waals surface area contributed by atoms with Crippen LogP contribution >= 0.6 is 24.8 Å². The van der Waals surface area contributed by atoms with E-state index in [0.29, 0.717) is 0 Å². The van der Waals surface area contributed by atoms with Crippen molar-refractivity contribution < 1.29 is 24.7 Å². The van der Waals surface area contributed by atoms with Crippen LogP contribution in [0.2, 0.25) is 0 Å². The molecule has 0 saturated carbocycles. The maximum absolute atomic E-state index is 2.37. The molecule has 0 radical (unpaired) electrons. The molecule has 1 aliphatic rings. The Labute approximate surface area is 173 Å². The normalized spacial score (nSPS) is 13.3. The molecule has 0 amide bonds. The number of rotatable bonds is 5. The molecule has 2 aromatic rings. The van der Waals surface area contributed by atoms with Gasteiger partial charge in [0.25, 0.3) is 0 Å². The van der Waals surface area contributed by atoms with Crippen LogP contribution in [0.25, 0.3) is 0 Å². The molecule has 24 heavy (non-hydrogen) atoms. The molecule has 1 aliphatic carbocycles. The third-order valence-electron chi connectivity index (χ3n) is 4.55. The molecule has 125 valence electrons. The molecule has 0 spiro atoms. The fourth-order valence-corrected chi connectivity index (χ4v) is 4.65. The van der Waals surface area contributed by atoms with Gasteiger partial charge in [-0.15, -0.1) is 24.8 Å². The van der Waals surface area contributed by atoms with Gasteiger partial charge in [0.1, 0.15) is 0 Å². The Morgan fingerprint density at radius 3 is 1.75 bits per heavy atom. The van der Waals surface area contributed by atoms with Crippen molar-refractivity contribution >= 4 is 24.8 Å². The van der Waals surface area contributed by atoms with Crippen LogP contribution in [-0.4, -0.2) is 0 Å². The molecule has 0 bridgehead atoms. The summed E-state index contributed by atoms with van der Waals surface area (Å²) in [7, 11) is 0. The number of halogens is 2. The first-order valence-electron chi connectivity index (χ1n) is 8.02. The first-order chi connectivity index (χ1) is 10.8. The van der Waals surface area contributed by atoms with Crippen LogP contribution in [-0.2, 0) is 30.1 Å². The van der Waals surface area contributed by atoms with Crippen LogP contribution in [0.5, 0.6) is 0 Å². The maximum Gasteiger partial charge on any atom is -0.147 e. The zero-order valence-electron chi connectivity index (χ0n) is 13.9. The summed E-state index contributed by atoms with van der Waals surface area (Å²) in [6, 6.07) is 22.1. The average molecular weight is 438 g/mol. The van der Waals surface area contributed by atoms with Gasteiger partial charge in [0.15, 0.2) is 0 Å². The van der Waals surface area contributed by atoms with E-state index >= 15 is 0 Å².